The average molecular weight is 262 g/mol. The number of halogens is 2. The molecule has 0 radical (unpaired) electrons. The molecule has 0 aliphatic rings. The van der Waals surface area contributed by atoms with E-state index < -0.39 is 11.6 Å². The maximum Gasteiger partial charge on any atom is 0.173 e. The van der Waals surface area contributed by atoms with Gasteiger partial charge in [-0.25, -0.2) is 8.78 Å². The number of hydrogen-bond acceptors (Lipinski definition) is 2. The number of carbonyl (C=O) groups is 1. The van der Waals surface area contributed by atoms with Crippen LogP contribution in [0.2, 0.25) is 0 Å². The molecule has 0 aliphatic carbocycles. The van der Waals surface area contributed by atoms with E-state index >= 15 is 0 Å². The first-order chi connectivity index (χ1) is 8.99. The molecule has 0 aliphatic heterocycles. The number of Topliss-reactive ketones (excluding diaryl/α,β-unsaturated/α-hetero) is 1. The molecule has 0 N–H and O–H groups in total. The van der Waals surface area contributed by atoms with Crippen LogP contribution in [0, 0.1) is 18.6 Å². The van der Waals surface area contributed by atoms with Crippen LogP contribution in [0.25, 0.3) is 0 Å². The summed E-state index contributed by atoms with van der Waals surface area (Å²) in [5.74, 6) is -1.45. The number of ketones is 1. The van der Waals surface area contributed by atoms with Gasteiger partial charge in [-0.2, -0.15) is 0 Å². The fourth-order valence-corrected chi connectivity index (χ4v) is 1.68. The average Bonchev–Trinajstić information content (AvgIpc) is 2.35. The van der Waals surface area contributed by atoms with Crippen molar-refractivity contribution in [2.45, 2.75) is 13.8 Å². The summed E-state index contributed by atoms with van der Waals surface area (Å²) in [4.78, 5) is 11.4. The second kappa shape index (κ2) is 5.18. The number of benzene rings is 2. The van der Waals surface area contributed by atoms with E-state index in [2.05, 4.69) is 0 Å². The van der Waals surface area contributed by atoms with Gasteiger partial charge in [0.15, 0.2) is 17.3 Å². The summed E-state index contributed by atoms with van der Waals surface area (Å²) in [6.45, 7) is 3.03. The quantitative estimate of drug-likeness (QED) is 0.772. The van der Waals surface area contributed by atoms with E-state index in [4.69, 9.17) is 4.74 Å². The molecule has 2 aromatic rings. The zero-order valence-electron chi connectivity index (χ0n) is 10.5. The molecule has 0 spiro atoms. The largest absolute Gasteiger partial charge is 0.453 e. The van der Waals surface area contributed by atoms with E-state index in [1.54, 1.807) is 6.92 Å². The molecule has 2 rings (SSSR count). The summed E-state index contributed by atoms with van der Waals surface area (Å²) in [5.41, 5.74) is 0.780. The van der Waals surface area contributed by atoms with Gasteiger partial charge in [0.2, 0.25) is 0 Å². The first-order valence-electron chi connectivity index (χ1n) is 5.72. The van der Waals surface area contributed by atoms with Crippen LogP contribution in [0.3, 0.4) is 0 Å². The van der Waals surface area contributed by atoms with Gasteiger partial charge >= 0.3 is 0 Å². The number of rotatable bonds is 3. The Balaban J connectivity index is 2.49. The molecule has 0 bridgehead atoms. The minimum atomic E-state index is -0.656. The third-order valence-electron chi connectivity index (χ3n) is 2.71. The van der Waals surface area contributed by atoms with E-state index in [9.17, 15) is 13.6 Å². The molecule has 4 heteroatoms. The highest BCUT2D eigenvalue weighted by Crippen LogP contribution is 2.31. The Morgan fingerprint density at radius 1 is 1.16 bits per heavy atom. The van der Waals surface area contributed by atoms with Crippen LogP contribution in [-0.4, -0.2) is 5.78 Å². The summed E-state index contributed by atoms with van der Waals surface area (Å²) in [7, 11) is 0. The number of hydrogen-bond donors (Lipinski definition) is 0. The van der Waals surface area contributed by atoms with E-state index in [-0.39, 0.29) is 22.8 Å². The standard InChI is InChI=1S/C15H12F2O2/c1-9-6-7-11(16)8-14(9)19-15-12(10(2)18)4-3-5-13(15)17/h3-8H,1-2H3. The molecule has 0 saturated heterocycles. The second-order valence-corrected chi connectivity index (χ2v) is 4.18. The number of aryl methyl sites for hydroxylation is 1. The number of carbonyl (C=O) groups excluding carboxylic acids is 1. The van der Waals surface area contributed by atoms with E-state index in [1.807, 2.05) is 0 Å². The number of ether oxygens (including phenoxy) is 1. The molecule has 0 aromatic heterocycles. The molecule has 98 valence electrons. The third-order valence-corrected chi connectivity index (χ3v) is 2.71. The van der Waals surface area contributed by atoms with Gasteiger partial charge < -0.3 is 4.74 Å². The number of para-hydroxylation sites is 1. The molecule has 0 unspecified atom stereocenters. The Bertz CT molecular complexity index is 636. The molecule has 0 amide bonds. The van der Waals surface area contributed by atoms with Gasteiger partial charge in [0.25, 0.3) is 0 Å². The Morgan fingerprint density at radius 3 is 2.58 bits per heavy atom. The molecular formula is C15H12F2O2. The van der Waals surface area contributed by atoms with Crippen molar-refractivity contribution in [2.24, 2.45) is 0 Å². The lowest BCUT2D eigenvalue weighted by Crippen LogP contribution is -2.00. The molecule has 0 heterocycles. The minimum Gasteiger partial charge on any atom is -0.453 e. The monoisotopic (exact) mass is 262 g/mol. The fourth-order valence-electron chi connectivity index (χ4n) is 1.68. The Morgan fingerprint density at radius 2 is 1.89 bits per heavy atom. The zero-order chi connectivity index (χ0) is 14.0. The van der Waals surface area contributed by atoms with Gasteiger partial charge in [-0.15, -0.1) is 0 Å². The lowest BCUT2D eigenvalue weighted by molar-refractivity contribution is 0.101. The van der Waals surface area contributed by atoms with Crippen molar-refractivity contribution >= 4 is 5.78 Å². The molecule has 2 aromatic carbocycles. The first-order valence-corrected chi connectivity index (χ1v) is 5.72. The van der Waals surface area contributed by atoms with Crippen molar-refractivity contribution in [3.8, 4) is 11.5 Å². The maximum absolute atomic E-state index is 13.8. The summed E-state index contributed by atoms with van der Waals surface area (Å²) in [5, 5.41) is 0. The van der Waals surface area contributed by atoms with Crippen LogP contribution in [0.15, 0.2) is 36.4 Å². The first kappa shape index (κ1) is 13.2. The Labute approximate surface area is 109 Å². The van der Waals surface area contributed by atoms with Crippen LogP contribution in [0.1, 0.15) is 22.8 Å². The maximum atomic E-state index is 13.8. The van der Waals surface area contributed by atoms with Crippen molar-refractivity contribution in [2.75, 3.05) is 0 Å². The highest BCUT2D eigenvalue weighted by Gasteiger charge is 2.15. The van der Waals surface area contributed by atoms with Crippen LogP contribution in [0.5, 0.6) is 11.5 Å². The predicted octanol–water partition coefficient (Wildman–Crippen LogP) is 4.27. The van der Waals surface area contributed by atoms with Crippen LogP contribution >= 0.6 is 0 Å². The molecular weight excluding hydrogens is 250 g/mol. The topological polar surface area (TPSA) is 26.3 Å². The smallest absolute Gasteiger partial charge is 0.173 e. The Hall–Kier alpha value is -2.23. The second-order valence-electron chi connectivity index (χ2n) is 4.18. The van der Waals surface area contributed by atoms with Crippen molar-refractivity contribution in [3.05, 3.63) is 59.2 Å². The third kappa shape index (κ3) is 2.78. The highest BCUT2D eigenvalue weighted by molar-refractivity contribution is 5.96. The summed E-state index contributed by atoms with van der Waals surface area (Å²) < 4.78 is 32.3. The Kier molecular flexibility index (Phi) is 3.60. The van der Waals surface area contributed by atoms with E-state index in [0.29, 0.717) is 5.56 Å². The van der Waals surface area contributed by atoms with Gasteiger partial charge in [-0.05, 0) is 37.6 Å². The van der Waals surface area contributed by atoms with Crippen molar-refractivity contribution < 1.29 is 18.3 Å². The zero-order valence-corrected chi connectivity index (χ0v) is 10.5. The fraction of sp³-hybridized carbons (Fsp3) is 0.133. The minimum absolute atomic E-state index is 0.128. The van der Waals surface area contributed by atoms with Crippen molar-refractivity contribution in [1.29, 1.82) is 0 Å². The molecule has 19 heavy (non-hydrogen) atoms. The van der Waals surface area contributed by atoms with E-state index in [0.717, 1.165) is 6.07 Å². The van der Waals surface area contributed by atoms with Crippen molar-refractivity contribution in [3.63, 3.8) is 0 Å². The van der Waals surface area contributed by atoms with Gasteiger partial charge in [0.1, 0.15) is 11.6 Å². The molecule has 2 nitrogen and oxygen atoms in total. The van der Waals surface area contributed by atoms with Crippen LogP contribution in [-0.2, 0) is 0 Å². The lowest BCUT2D eigenvalue weighted by atomic mass is 10.1. The van der Waals surface area contributed by atoms with Gasteiger partial charge in [0, 0.05) is 6.07 Å². The van der Waals surface area contributed by atoms with Crippen molar-refractivity contribution in [1.82, 2.24) is 0 Å². The lowest BCUT2D eigenvalue weighted by Gasteiger charge is -2.12. The molecule has 0 fully saturated rings. The SMILES string of the molecule is CC(=O)c1cccc(F)c1Oc1cc(F)ccc1C. The summed E-state index contributed by atoms with van der Waals surface area (Å²) in [6.07, 6.45) is 0. The summed E-state index contributed by atoms with van der Waals surface area (Å²) in [6, 6.07) is 8.06. The predicted molar refractivity (Wildman–Crippen MR) is 67.6 cm³/mol. The van der Waals surface area contributed by atoms with E-state index in [1.165, 1.54) is 37.3 Å². The van der Waals surface area contributed by atoms with Crippen LogP contribution in [0.4, 0.5) is 8.78 Å². The summed E-state index contributed by atoms with van der Waals surface area (Å²) >= 11 is 0. The highest BCUT2D eigenvalue weighted by atomic mass is 19.1. The molecule has 0 saturated carbocycles. The van der Waals surface area contributed by atoms with Gasteiger partial charge in [-0.3, -0.25) is 4.79 Å². The van der Waals surface area contributed by atoms with Crippen LogP contribution < -0.4 is 4.74 Å². The molecule has 0 atom stereocenters. The normalized spacial score (nSPS) is 10.3. The van der Waals surface area contributed by atoms with Gasteiger partial charge in [-0.1, -0.05) is 12.1 Å². The van der Waals surface area contributed by atoms with Gasteiger partial charge in [0.05, 0.1) is 5.56 Å².